The number of benzene rings is 1. The molecule has 0 aliphatic heterocycles. The lowest BCUT2D eigenvalue weighted by molar-refractivity contribution is 0.151. The van der Waals surface area contributed by atoms with Crippen LogP contribution in [0.25, 0.3) is 0 Å². The average molecular weight is 213 g/mol. The minimum Gasteiger partial charge on any atom is -0.388 e. The normalized spacial score (nSPS) is 25.3. The molecule has 1 heterocycles. The third-order valence-corrected chi connectivity index (χ3v) is 3.44. The summed E-state index contributed by atoms with van der Waals surface area (Å²) < 4.78 is 0. The number of nitrogens with one attached hydrogen (secondary N) is 1. The molecule has 1 saturated carbocycles. The van der Waals surface area contributed by atoms with Crippen LogP contribution in [0.15, 0.2) is 48.8 Å². The van der Waals surface area contributed by atoms with Crippen molar-refractivity contribution in [3.63, 3.8) is 0 Å². The highest BCUT2D eigenvalue weighted by Gasteiger charge is 2.43. The van der Waals surface area contributed by atoms with Crippen molar-refractivity contribution < 1.29 is 5.11 Å². The van der Waals surface area contributed by atoms with E-state index in [1.54, 1.807) is 0 Å². The fourth-order valence-corrected chi connectivity index (χ4v) is 2.42. The Morgan fingerprint density at radius 2 is 2.00 bits per heavy atom. The van der Waals surface area contributed by atoms with Gasteiger partial charge in [0.05, 0.1) is 6.10 Å². The van der Waals surface area contributed by atoms with Crippen LogP contribution in [0.4, 0.5) is 0 Å². The molecule has 1 fully saturated rings. The van der Waals surface area contributed by atoms with E-state index in [4.69, 9.17) is 0 Å². The summed E-state index contributed by atoms with van der Waals surface area (Å²) in [5.41, 5.74) is 2.35. The van der Waals surface area contributed by atoms with Gasteiger partial charge in [0.1, 0.15) is 0 Å². The highest BCUT2D eigenvalue weighted by molar-refractivity contribution is 5.28. The SMILES string of the molecule is OC(c1cc[nH]c1)C1CC1c1ccccc1. The highest BCUT2D eigenvalue weighted by Crippen LogP contribution is 2.53. The van der Waals surface area contributed by atoms with Crippen molar-refractivity contribution in [1.29, 1.82) is 0 Å². The predicted octanol–water partition coefficient (Wildman–Crippen LogP) is 2.85. The van der Waals surface area contributed by atoms with Gasteiger partial charge in [0, 0.05) is 12.4 Å². The average Bonchev–Trinajstić information content (AvgIpc) is 2.95. The van der Waals surface area contributed by atoms with Crippen molar-refractivity contribution in [2.45, 2.75) is 18.4 Å². The molecular weight excluding hydrogens is 198 g/mol. The molecule has 1 aromatic carbocycles. The Labute approximate surface area is 94.9 Å². The molecule has 0 radical (unpaired) electrons. The zero-order valence-corrected chi connectivity index (χ0v) is 9.01. The Morgan fingerprint density at radius 1 is 1.19 bits per heavy atom. The molecule has 0 amide bonds. The number of aliphatic hydroxyl groups is 1. The van der Waals surface area contributed by atoms with Crippen molar-refractivity contribution in [3.8, 4) is 0 Å². The van der Waals surface area contributed by atoms with E-state index in [0.29, 0.717) is 11.8 Å². The second-order valence-corrected chi connectivity index (χ2v) is 4.51. The second-order valence-electron chi connectivity index (χ2n) is 4.51. The lowest BCUT2D eigenvalue weighted by Gasteiger charge is -2.08. The Hall–Kier alpha value is -1.54. The standard InChI is InChI=1S/C14H15NO/c16-14(11-6-7-15-9-11)13-8-12(13)10-4-2-1-3-5-10/h1-7,9,12-16H,8H2. The topological polar surface area (TPSA) is 36.0 Å². The van der Waals surface area contributed by atoms with Gasteiger partial charge >= 0.3 is 0 Å². The molecule has 0 saturated heterocycles. The predicted molar refractivity (Wildman–Crippen MR) is 63.0 cm³/mol. The summed E-state index contributed by atoms with van der Waals surface area (Å²) in [4.78, 5) is 2.99. The van der Waals surface area contributed by atoms with Crippen LogP contribution in [0.3, 0.4) is 0 Å². The van der Waals surface area contributed by atoms with Crippen LogP contribution in [-0.2, 0) is 0 Å². The van der Waals surface area contributed by atoms with Gasteiger partial charge < -0.3 is 10.1 Å². The molecule has 1 aromatic heterocycles. The molecular formula is C14H15NO. The van der Waals surface area contributed by atoms with Crippen LogP contribution < -0.4 is 0 Å². The lowest BCUT2D eigenvalue weighted by atomic mass is 10.0. The van der Waals surface area contributed by atoms with Crippen LogP contribution in [0.1, 0.15) is 29.6 Å². The van der Waals surface area contributed by atoms with Gasteiger partial charge in [0.25, 0.3) is 0 Å². The van der Waals surface area contributed by atoms with E-state index in [2.05, 4.69) is 29.2 Å². The second kappa shape index (κ2) is 3.80. The Morgan fingerprint density at radius 3 is 2.69 bits per heavy atom. The molecule has 2 N–H and O–H groups in total. The first-order valence-corrected chi connectivity index (χ1v) is 5.72. The van der Waals surface area contributed by atoms with Crippen LogP contribution in [0.5, 0.6) is 0 Å². The smallest absolute Gasteiger partial charge is 0.0838 e. The Bertz CT molecular complexity index is 449. The number of aromatic nitrogens is 1. The zero-order chi connectivity index (χ0) is 11.0. The summed E-state index contributed by atoms with van der Waals surface area (Å²) in [6.45, 7) is 0. The number of rotatable bonds is 3. The van der Waals surface area contributed by atoms with E-state index >= 15 is 0 Å². The summed E-state index contributed by atoms with van der Waals surface area (Å²) in [5.74, 6) is 0.921. The zero-order valence-electron chi connectivity index (χ0n) is 9.01. The van der Waals surface area contributed by atoms with Gasteiger partial charge in [-0.25, -0.2) is 0 Å². The largest absolute Gasteiger partial charge is 0.388 e. The molecule has 0 spiro atoms. The van der Waals surface area contributed by atoms with E-state index in [1.165, 1.54) is 5.56 Å². The van der Waals surface area contributed by atoms with E-state index in [1.807, 2.05) is 24.5 Å². The molecule has 2 heteroatoms. The van der Waals surface area contributed by atoms with Crippen molar-refractivity contribution in [3.05, 3.63) is 59.9 Å². The molecule has 3 atom stereocenters. The Kier molecular flexibility index (Phi) is 2.29. The van der Waals surface area contributed by atoms with Gasteiger partial charge in [-0.05, 0) is 35.4 Å². The molecule has 82 valence electrons. The number of H-pyrrole nitrogens is 1. The van der Waals surface area contributed by atoms with E-state index in [0.717, 1.165) is 12.0 Å². The Balaban J connectivity index is 1.73. The number of hydrogen-bond donors (Lipinski definition) is 2. The van der Waals surface area contributed by atoms with Gasteiger partial charge in [-0.15, -0.1) is 0 Å². The molecule has 1 aliphatic rings. The van der Waals surface area contributed by atoms with Gasteiger partial charge in [0.15, 0.2) is 0 Å². The van der Waals surface area contributed by atoms with E-state index in [9.17, 15) is 5.11 Å². The number of aliphatic hydroxyl groups excluding tert-OH is 1. The maximum atomic E-state index is 10.2. The van der Waals surface area contributed by atoms with Crippen LogP contribution >= 0.6 is 0 Å². The summed E-state index contributed by atoms with van der Waals surface area (Å²) >= 11 is 0. The van der Waals surface area contributed by atoms with E-state index < -0.39 is 0 Å². The summed E-state index contributed by atoms with van der Waals surface area (Å²) in [6, 6.07) is 12.4. The fourth-order valence-electron chi connectivity index (χ4n) is 2.42. The monoisotopic (exact) mass is 213 g/mol. The first kappa shape index (κ1) is 9.67. The highest BCUT2D eigenvalue weighted by atomic mass is 16.3. The fraction of sp³-hybridized carbons (Fsp3) is 0.286. The summed E-state index contributed by atoms with van der Waals surface area (Å²) in [7, 11) is 0. The van der Waals surface area contributed by atoms with Gasteiger partial charge in [-0.2, -0.15) is 0 Å². The van der Waals surface area contributed by atoms with Crippen LogP contribution in [0.2, 0.25) is 0 Å². The number of hydrogen-bond acceptors (Lipinski definition) is 1. The van der Waals surface area contributed by atoms with Gasteiger partial charge in [-0.3, -0.25) is 0 Å². The molecule has 3 rings (SSSR count). The van der Waals surface area contributed by atoms with Crippen LogP contribution in [-0.4, -0.2) is 10.1 Å². The molecule has 2 aromatic rings. The molecule has 1 aliphatic carbocycles. The van der Waals surface area contributed by atoms with Gasteiger partial charge in [0.2, 0.25) is 0 Å². The van der Waals surface area contributed by atoms with Crippen LogP contribution in [0, 0.1) is 5.92 Å². The molecule has 3 unspecified atom stereocenters. The first-order valence-electron chi connectivity index (χ1n) is 5.72. The maximum absolute atomic E-state index is 10.2. The molecule has 0 bridgehead atoms. The minimum atomic E-state index is -0.323. The van der Waals surface area contributed by atoms with E-state index in [-0.39, 0.29) is 6.10 Å². The van der Waals surface area contributed by atoms with Crippen molar-refractivity contribution in [2.75, 3.05) is 0 Å². The maximum Gasteiger partial charge on any atom is 0.0838 e. The quantitative estimate of drug-likeness (QED) is 0.808. The summed E-state index contributed by atoms with van der Waals surface area (Å²) in [5, 5.41) is 10.2. The lowest BCUT2D eigenvalue weighted by Crippen LogP contribution is -1.99. The third-order valence-electron chi connectivity index (χ3n) is 3.44. The molecule has 16 heavy (non-hydrogen) atoms. The third kappa shape index (κ3) is 1.65. The van der Waals surface area contributed by atoms with Crippen molar-refractivity contribution >= 4 is 0 Å². The minimum absolute atomic E-state index is 0.323. The van der Waals surface area contributed by atoms with Gasteiger partial charge in [-0.1, -0.05) is 30.3 Å². The van der Waals surface area contributed by atoms with Crippen molar-refractivity contribution in [2.24, 2.45) is 5.92 Å². The summed E-state index contributed by atoms with van der Waals surface area (Å²) in [6.07, 6.45) is 4.51. The number of aromatic amines is 1. The molecule has 2 nitrogen and oxygen atoms in total. The van der Waals surface area contributed by atoms with Crippen molar-refractivity contribution in [1.82, 2.24) is 4.98 Å². The first-order chi connectivity index (χ1) is 7.86.